The second-order valence-electron chi connectivity index (χ2n) is 4.81. The summed E-state index contributed by atoms with van der Waals surface area (Å²) in [5.41, 5.74) is 1.91. The number of thiophene rings is 1. The van der Waals surface area contributed by atoms with Crippen LogP contribution >= 0.6 is 27.3 Å². The van der Waals surface area contributed by atoms with E-state index in [1.807, 2.05) is 17.7 Å². The smallest absolute Gasteiger partial charge is 0.252 e. The average Bonchev–Trinajstić information content (AvgIpc) is 2.72. The van der Waals surface area contributed by atoms with Gasteiger partial charge in [0.05, 0.1) is 5.56 Å². The second kappa shape index (κ2) is 6.01. The molecule has 1 aromatic heterocycles. The molecule has 94 valence electrons. The van der Waals surface area contributed by atoms with E-state index in [0.29, 0.717) is 10.7 Å². The van der Waals surface area contributed by atoms with Gasteiger partial charge in [0.25, 0.3) is 5.91 Å². The van der Waals surface area contributed by atoms with Crippen LogP contribution in [0.2, 0.25) is 0 Å². The molecular weight excluding hydrogens is 298 g/mol. The van der Waals surface area contributed by atoms with Crippen molar-refractivity contribution < 1.29 is 4.79 Å². The Morgan fingerprint density at radius 1 is 1.53 bits per heavy atom. The SMILES string of the molecule is Cc1cscc1C(=O)NCC1CCCC(Br)C1. The molecule has 1 aromatic rings. The van der Waals surface area contributed by atoms with Crippen molar-refractivity contribution in [3.8, 4) is 0 Å². The first-order chi connectivity index (χ1) is 8.16. The molecule has 2 rings (SSSR count). The second-order valence-corrected chi connectivity index (χ2v) is 6.85. The fourth-order valence-electron chi connectivity index (χ4n) is 2.34. The van der Waals surface area contributed by atoms with Crippen LogP contribution in [0.1, 0.15) is 41.6 Å². The van der Waals surface area contributed by atoms with Crippen molar-refractivity contribution in [2.45, 2.75) is 37.4 Å². The Bertz CT molecular complexity index is 391. The molecule has 17 heavy (non-hydrogen) atoms. The van der Waals surface area contributed by atoms with Gasteiger partial charge in [0, 0.05) is 16.8 Å². The molecule has 4 heteroatoms. The highest BCUT2D eigenvalue weighted by Crippen LogP contribution is 2.28. The highest BCUT2D eigenvalue weighted by atomic mass is 79.9. The van der Waals surface area contributed by atoms with Gasteiger partial charge in [-0.05, 0) is 43.0 Å². The quantitative estimate of drug-likeness (QED) is 0.846. The third-order valence-electron chi connectivity index (χ3n) is 3.37. The molecule has 2 nitrogen and oxygen atoms in total. The van der Waals surface area contributed by atoms with Gasteiger partial charge in [0.15, 0.2) is 0 Å². The molecule has 1 aliphatic carbocycles. The largest absolute Gasteiger partial charge is 0.352 e. The van der Waals surface area contributed by atoms with Crippen LogP contribution in [0.15, 0.2) is 10.8 Å². The van der Waals surface area contributed by atoms with Crippen molar-refractivity contribution in [2.24, 2.45) is 5.92 Å². The Morgan fingerprint density at radius 2 is 2.35 bits per heavy atom. The number of nitrogens with one attached hydrogen (secondary N) is 1. The molecule has 0 radical (unpaired) electrons. The zero-order chi connectivity index (χ0) is 12.3. The van der Waals surface area contributed by atoms with E-state index in [0.717, 1.165) is 17.7 Å². The van der Waals surface area contributed by atoms with Crippen LogP contribution in [0.3, 0.4) is 0 Å². The summed E-state index contributed by atoms with van der Waals surface area (Å²) in [5, 5.41) is 7.01. The van der Waals surface area contributed by atoms with Crippen LogP contribution in [-0.2, 0) is 0 Å². The number of amides is 1. The highest BCUT2D eigenvalue weighted by molar-refractivity contribution is 9.09. The summed E-state index contributed by atoms with van der Waals surface area (Å²) in [4.78, 5) is 12.6. The summed E-state index contributed by atoms with van der Waals surface area (Å²) < 4.78 is 0. The van der Waals surface area contributed by atoms with Crippen LogP contribution in [0, 0.1) is 12.8 Å². The molecule has 1 N–H and O–H groups in total. The summed E-state index contributed by atoms with van der Waals surface area (Å²) in [7, 11) is 0. The van der Waals surface area contributed by atoms with Gasteiger partial charge in [-0.3, -0.25) is 4.79 Å². The van der Waals surface area contributed by atoms with Crippen molar-refractivity contribution in [2.75, 3.05) is 6.54 Å². The molecule has 1 heterocycles. The first-order valence-electron chi connectivity index (χ1n) is 6.12. The number of carbonyl (C=O) groups excluding carboxylic acids is 1. The molecular formula is C13H18BrNOS. The lowest BCUT2D eigenvalue weighted by Gasteiger charge is -2.25. The molecule has 1 aliphatic rings. The zero-order valence-electron chi connectivity index (χ0n) is 10.0. The molecule has 0 saturated heterocycles. The Labute approximate surface area is 115 Å². The molecule has 1 fully saturated rings. The number of rotatable bonds is 3. The minimum Gasteiger partial charge on any atom is -0.352 e. The van der Waals surface area contributed by atoms with Crippen LogP contribution in [0.25, 0.3) is 0 Å². The van der Waals surface area contributed by atoms with Gasteiger partial charge in [-0.2, -0.15) is 11.3 Å². The normalized spacial score (nSPS) is 24.6. The van der Waals surface area contributed by atoms with Crippen molar-refractivity contribution >= 4 is 33.2 Å². The predicted octanol–water partition coefficient (Wildman–Crippen LogP) is 3.74. The number of hydrogen-bond donors (Lipinski definition) is 1. The molecule has 0 bridgehead atoms. The summed E-state index contributed by atoms with van der Waals surface area (Å²) >= 11 is 5.26. The van der Waals surface area contributed by atoms with E-state index in [1.54, 1.807) is 11.3 Å². The average molecular weight is 316 g/mol. The Hall–Kier alpha value is -0.350. The number of carbonyl (C=O) groups is 1. The van der Waals surface area contributed by atoms with Crippen LogP contribution < -0.4 is 5.32 Å². The standard InChI is InChI=1S/C13H18BrNOS/c1-9-7-17-8-12(9)13(16)15-6-10-3-2-4-11(14)5-10/h7-8,10-11H,2-6H2,1H3,(H,15,16). The first kappa shape index (κ1) is 13.1. The van der Waals surface area contributed by atoms with E-state index in [1.165, 1.54) is 25.7 Å². The van der Waals surface area contributed by atoms with Gasteiger partial charge in [-0.15, -0.1) is 0 Å². The molecule has 0 aliphatic heterocycles. The highest BCUT2D eigenvalue weighted by Gasteiger charge is 2.20. The third kappa shape index (κ3) is 3.55. The van der Waals surface area contributed by atoms with Crippen molar-refractivity contribution in [1.29, 1.82) is 0 Å². The molecule has 2 atom stereocenters. The maximum atomic E-state index is 11.9. The van der Waals surface area contributed by atoms with E-state index in [9.17, 15) is 4.79 Å². The maximum absolute atomic E-state index is 11.9. The number of halogens is 1. The lowest BCUT2D eigenvalue weighted by atomic mass is 9.89. The Morgan fingerprint density at radius 3 is 3.00 bits per heavy atom. The van der Waals surface area contributed by atoms with E-state index in [2.05, 4.69) is 21.2 Å². The summed E-state index contributed by atoms with van der Waals surface area (Å²) in [5.74, 6) is 0.719. The zero-order valence-corrected chi connectivity index (χ0v) is 12.4. The van der Waals surface area contributed by atoms with E-state index in [-0.39, 0.29) is 5.91 Å². The van der Waals surface area contributed by atoms with Gasteiger partial charge >= 0.3 is 0 Å². The Balaban J connectivity index is 1.82. The van der Waals surface area contributed by atoms with Gasteiger partial charge < -0.3 is 5.32 Å². The third-order valence-corrected chi connectivity index (χ3v) is 5.06. The van der Waals surface area contributed by atoms with Crippen molar-refractivity contribution in [3.05, 3.63) is 21.9 Å². The van der Waals surface area contributed by atoms with E-state index >= 15 is 0 Å². The van der Waals surface area contributed by atoms with E-state index in [4.69, 9.17) is 0 Å². The van der Waals surface area contributed by atoms with Gasteiger partial charge in [0.1, 0.15) is 0 Å². The van der Waals surface area contributed by atoms with Crippen LogP contribution in [0.4, 0.5) is 0 Å². The summed E-state index contributed by atoms with van der Waals surface area (Å²) in [6, 6.07) is 0. The monoisotopic (exact) mass is 315 g/mol. The number of aryl methyl sites for hydroxylation is 1. The number of alkyl halides is 1. The fraction of sp³-hybridized carbons (Fsp3) is 0.615. The molecule has 0 spiro atoms. The maximum Gasteiger partial charge on any atom is 0.252 e. The lowest BCUT2D eigenvalue weighted by Crippen LogP contribution is -2.32. The minimum atomic E-state index is 0.0837. The van der Waals surface area contributed by atoms with Gasteiger partial charge in [-0.25, -0.2) is 0 Å². The van der Waals surface area contributed by atoms with Gasteiger partial charge in [-0.1, -0.05) is 22.4 Å². The first-order valence-corrected chi connectivity index (χ1v) is 7.97. The van der Waals surface area contributed by atoms with Gasteiger partial charge in [0.2, 0.25) is 0 Å². The topological polar surface area (TPSA) is 29.1 Å². The van der Waals surface area contributed by atoms with E-state index < -0.39 is 0 Å². The van der Waals surface area contributed by atoms with Crippen molar-refractivity contribution in [1.82, 2.24) is 5.32 Å². The molecule has 2 unspecified atom stereocenters. The summed E-state index contributed by atoms with van der Waals surface area (Å²) in [6.45, 7) is 2.80. The van der Waals surface area contributed by atoms with Crippen molar-refractivity contribution in [3.63, 3.8) is 0 Å². The molecule has 0 aromatic carbocycles. The number of hydrogen-bond acceptors (Lipinski definition) is 2. The van der Waals surface area contributed by atoms with Crippen LogP contribution in [0.5, 0.6) is 0 Å². The minimum absolute atomic E-state index is 0.0837. The molecule has 1 amide bonds. The molecule has 1 saturated carbocycles. The fourth-order valence-corrected chi connectivity index (χ4v) is 4.02. The predicted molar refractivity (Wildman–Crippen MR) is 76.1 cm³/mol. The Kier molecular flexibility index (Phi) is 4.62. The lowest BCUT2D eigenvalue weighted by molar-refractivity contribution is 0.0944. The summed E-state index contributed by atoms with van der Waals surface area (Å²) in [6.07, 6.45) is 4.97. The van der Waals surface area contributed by atoms with Crippen LogP contribution in [-0.4, -0.2) is 17.3 Å².